The normalized spacial score (nSPS) is 14.6. The lowest BCUT2D eigenvalue weighted by Crippen LogP contribution is -2.46. The Morgan fingerprint density at radius 3 is 2.15 bits per heavy atom. The van der Waals surface area contributed by atoms with E-state index in [4.69, 9.17) is 0 Å². The first-order chi connectivity index (χ1) is 16.1. The van der Waals surface area contributed by atoms with Crippen molar-refractivity contribution in [2.45, 2.75) is 13.5 Å². The summed E-state index contributed by atoms with van der Waals surface area (Å²) in [6, 6.07) is 12.7. The Balaban J connectivity index is 1.26. The molecule has 8 heteroatoms. The Bertz CT molecular complexity index is 1230. The van der Waals surface area contributed by atoms with Crippen LogP contribution in [-0.4, -0.2) is 50.8 Å². The fourth-order valence-electron chi connectivity index (χ4n) is 4.17. The van der Waals surface area contributed by atoms with Gasteiger partial charge < -0.3 is 4.90 Å². The molecule has 33 heavy (non-hydrogen) atoms. The van der Waals surface area contributed by atoms with E-state index in [2.05, 4.69) is 24.9 Å². The summed E-state index contributed by atoms with van der Waals surface area (Å²) < 4.78 is 28.4. The molecule has 0 N–H and O–H groups in total. The average molecular weight is 447 g/mol. The molecule has 6 nitrogen and oxygen atoms in total. The van der Waals surface area contributed by atoms with Gasteiger partial charge in [-0.2, -0.15) is 5.10 Å². The Labute approximate surface area is 191 Å². The molecule has 168 valence electrons. The standard InChI is InChI=1S/C25H24F2N6/c1-18-20(16-30-33(18)23-8-6-22(27)7-9-23)17-31-12-14-32(15-13-31)25-24(28-10-11-29-25)19-2-4-21(26)5-3-19/h2-11,16H,12-15,17H2,1H3. The first-order valence-corrected chi connectivity index (χ1v) is 10.9. The van der Waals surface area contributed by atoms with E-state index in [9.17, 15) is 8.78 Å². The maximum Gasteiger partial charge on any atom is 0.155 e. The molecule has 0 bridgehead atoms. The van der Waals surface area contributed by atoms with Crippen molar-refractivity contribution in [3.8, 4) is 16.9 Å². The number of benzene rings is 2. The van der Waals surface area contributed by atoms with E-state index in [1.807, 2.05) is 17.8 Å². The topological polar surface area (TPSA) is 50.1 Å². The quantitative estimate of drug-likeness (QED) is 0.459. The number of halogens is 2. The summed E-state index contributed by atoms with van der Waals surface area (Å²) >= 11 is 0. The zero-order valence-electron chi connectivity index (χ0n) is 18.3. The summed E-state index contributed by atoms with van der Waals surface area (Å²) in [6.45, 7) is 6.22. The molecule has 0 aliphatic carbocycles. The van der Waals surface area contributed by atoms with Gasteiger partial charge in [-0.05, 0) is 55.5 Å². The Hall–Kier alpha value is -3.65. The average Bonchev–Trinajstić information content (AvgIpc) is 3.20. The molecule has 4 aromatic rings. The van der Waals surface area contributed by atoms with Gasteiger partial charge in [-0.3, -0.25) is 9.88 Å². The van der Waals surface area contributed by atoms with Crippen LogP contribution in [0.25, 0.3) is 16.9 Å². The second-order valence-electron chi connectivity index (χ2n) is 8.14. The van der Waals surface area contributed by atoms with Crippen LogP contribution in [0, 0.1) is 18.6 Å². The molecule has 1 saturated heterocycles. The van der Waals surface area contributed by atoms with Crippen molar-refractivity contribution in [1.82, 2.24) is 24.6 Å². The number of aromatic nitrogens is 4. The zero-order chi connectivity index (χ0) is 22.8. The third-order valence-electron chi connectivity index (χ3n) is 6.05. The fourth-order valence-corrected chi connectivity index (χ4v) is 4.17. The van der Waals surface area contributed by atoms with Gasteiger partial charge in [0.1, 0.15) is 17.3 Å². The predicted molar refractivity (Wildman–Crippen MR) is 123 cm³/mol. The molecule has 5 rings (SSSR count). The third kappa shape index (κ3) is 4.47. The molecule has 3 heterocycles. The highest BCUT2D eigenvalue weighted by Gasteiger charge is 2.22. The molecule has 0 unspecified atom stereocenters. The van der Waals surface area contributed by atoms with E-state index in [1.54, 1.807) is 36.7 Å². The largest absolute Gasteiger partial charge is 0.352 e. The van der Waals surface area contributed by atoms with Gasteiger partial charge in [0.25, 0.3) is 0 Å². The molecule has 1 aliphatic heterocycles. The SMILES string of the molecule is Cc1c(CN2CCN(c3nccnc3-c3ccc(F)cc3)CC2)cnn1-c1ccc(F)cc1. The molecular formula is C25H24F2N6. The molecule has 0 atom stereocenters. The predicted octanol–water partition coefficient (Wildman–Crippen LogP) is 4.24. The van der Waals surface area contributed by atoms with E-state index in [1.165, 1.54) is 24.3 Å². The van der Waals surface area contributed by atoms with Crippen LogP contribution in [0.4, 0.5) is 14.6 Å². The first kappa shape index (κ1) is 21.2. The minimum atomic E-state index is -0.268. The zero-order valence-corrected chi connectivity index (χ0v) is 18.3. The van der Waals surface area contributed by atoms with Gasteiger partial charge in [-0.15, -0.1) is 0 Å². The molecule has 1 aliphatic rings. The highest BCUT2D eigenvalue weighted by molar-refractivity contribution is 5.72. The van der Waals surface area contributed by atoms with Crippen molar-refractivity contribution in [3.05, 3.63) is 90.0 Å². The van der Waals surface area contributed by atoms with Gasteiger partial charge in [0.2, 0.25) is 0 Å². The van der Waals surface area contributed by atoms with Crippen molar-refractivity contribution < 1.29 is 8.78 Å². The van der Waals surface area contributed by atoms with E-state index < -0.39 is 0 Å². The molecule has 1 fully saturated rings. The monoisotopic (exact) mass is 446 g/mol. The van der Waals surface area contributed by atoms with Gasteiger partial charge >= 0.3 is 0 Å². The smallest absolute Gasteiger partial charge is 0.155 e. The summed E-state index contributed by atoms with van der Waals surface area (Å²) in [4.78, 5) is 13.7. The second-order valence-corrected chi connectivity index (χ2v) is 8.14. The van der Waals surface area contributed by atoms with Gasteiger partial charge in [-0.1, -0.05) is 0 Å². The summed E-state index contributed by atoms with van der Waals surface area (Å²) in [5.41, 5.74) is 4.67. The lowest BCUT2D eigenvalue weighted by atomic mass is 10.1. The third-order valence-corrected chi connectivity index (χ3v) is 6.05. The minimum Gasteiger partial charge on any atom is -0.352 e. The number of hydrogen-bond donors (Lipinski definition) is 0. The number of anilines is 1. The maximum absolute atomic E-state index is 13.3. The lowest BCUT2D eigenvalue weighted by Gasteiger charge is -2.35. The van der Waals surface area contributed by atoms with Gasteiger partial charge in [0.05, 0.1) is 11.9 Å². The van der Waals surface area contributed by atoms with Crippen LogP contribution in [-0.2, 0) is 6.54 Å². The number of piperazine rings is 1. The van der Waals surface area contributed by atoms with Crippen LogP contribution in [0.2, 0.25) is 0 Å². The van der Waals surface area contributed by atoms with E-state index in [0.717, 1.165) is 66.7 Å². The summed E-state index contributed by atoms with van der Waals surface area (Å²) in [5.74, 6) is 0.298. The molecule has 0 radical (unpaired) electrons. The highest BCUT2D eigenvalue weighted by atomic mass is 19.1. The minimum absolute atomic E-state index is 0.257. The van der Waals surface area contributed by atoms with Crippen molar-refractivity contribution in [1.29, 1.82) is 0 Å². The molecule has 0 saturated carbocycles. The van der Waals surface area contributed by atoms with Crippen LogP contribution >= 0.6 is 0 Å². The van der Waals surface area contributed by atoms with Crippen LogP contribution in [0.3, 0.4) is 0 Å². The molecule has 0 spiro atoms. The first-order valence-electron chi connectivity index (χ1n) is 10.9. The molecule has 0 amide bonds. The Morgan fingerprint density at radius 1 is 0.818 bits per heavy atom. The number of rotatable bonds is 5. The van der Waals surface area contributed by atoms with Gasteiger partial charge in [0, 0.05) is 61.9 Å². The van der Waals surface area contributed by atoms with Crippen molar-refractivity contribution in [2.75, 3.05) is 31.1 Å². The van der Waals surface area contributed by atoms with E-state index >= 15 is 0 Å². The Morgan fingerprint density at radius 2 is 1.45 bits per heavy atom. The second kappa shape index (κ2) is 9.07. The lowest BCUT2D eigenvalue weighted by molar-refractivity contribution is 0.249. The molecule has 2 aromatic carbocycles. The van der Waals surface area contributed by atoms with Crippen LogP contribution < -0.4 is 4.90 Å². The molecular weight excluding hydrogens is 422 g/mol. The van der Waals surface area contributed by atoms with Crippen LogP contribution in [0.5, 0.6) is 0 Å². The highest BCUT2D eigenvalue weighted by Crippen LogP contribution is 2.28. The van der Waals surface area contributed by atoms with Gasteiger partial charge in [0.15, 0.2) is 5.82 Å². The Kier molecular flexibility index (Phi) is 5.83. The van der Waals surface area contributed by atoms with Crippen LogP contribution in [0.1, 0.15) is 11.3 Å². The number of nitrogens with zero attached hydrogens (tertiary/aromatic N) is 6. The van der Waals surface area contributed by atoms with Crippen molar-refractivity contribution >= 4 is 5.82 Å². The van der Waals surface area contributed by atoms with E-state index in [0.29, 0.717) is 0 Å². The maximum atomic E-state index is 13.3. The molecule has 2 aromatic heterocycles. The van der Waals surface area contributed by atoms with Crippen LogP contribution in [0.15, 0.2) is 67.1 Å². The number of hydrogen-bond acceptors (Lipinski definition) is 5. The van der Waals surface area contributed by atoms with Crippen molar-refractivity contribution in [3.63, 3.8) is 0 Å². The fraction of sp³-hybridized carbons (Fsp3) is 0.240. The van der Waals surface area contributed by atoms with Crippen molar-refractivity contribution in [2.24, 2.45) is 0 Å². The summed E-state index contributed by atoms with van der Waals surface area (Å²) in [7, 11) is 0. The summed E-state index contributed by atoms with van der Waals surface area (Å²) in [6.07, 6.45) is 5.25. The van der Waals surface area contributed by atoms with E-state index in [-0.39, 0.29) is 11.6 Å². The van der Waals surface area contributed by atoms with Gasteiger partial charge in [-0.25, -0.2) is 18.4 Å². The summed E-state index contributed by atoms with van der Waals surface area (Å²) in [5, 5.41) is 4.51.